The van der Waals surface area contributed by atoms with E-state index in [9.17, 15) is 4.79 Å². The molecular weight excluding hydrogens is 316 g/mol. The zero-order chi connectivity index (χ0) is 14.4. The van der Waals surface area contributed by atoms with Crippen LogP contribution in [0.15, 0.2) is 53.0 Å². The summed E-state index contributed by atoms with van der Waals surface area (Å²) in [6.07, 6.45) is 2.37. The van der Waals surface area contributed by atoms with E-state index in [4.69, 9.17) is 4.74 Å². The number of methoxy groups -OCH3 is 1. The maximum absolute atomic E-state index is 12.1. The van der Waals surface area contributed by atoms with Crippen molar-refractivity contribution in [1.82, 2.24) is 0 Å². The summed E-state index contributed by atoms with van der Waals surface area (Å²) in [6.45, 7) is 0. The highest BCUT2D eigenvalue weighted by Gasteiger charge is 2.08. The van der Waals surface area contributed by atoms with E-state index >= 15 is 0 Å². The number of ketones is 1. The molecule has 0 aliphatic heterocycles. The molecular formula is C17H17BrO2. The number of hydrogen-bond donors (Lipinski definition) is 0. The molecule has 20 heavy (non-hydrogen) atoms. The average molecular weight is 333 g/mol. The lowest BCUT2D eigenvalue weighted by atomic mass is 10.0. The van der Waals surface area contributed by atoms with Gasteiger partial charge in [-0.15, -0.1) is 0 Å². The summed E-state index contributed by atoms with van der Waals surface area (Å²) in [7, 11) is 1.61. The zero-order valence-corrected chi connectivity index (χ0v) is 13.0. The highest BCUT2D eigenvalue weighted by Crippen LogP contribution is 2.26. The van der Waals surface area contributed by atoms with E-state index in [1.165, 1.54) is 5.56 Å². The van der Waals surface area contributed by atoms with Crippen LogP contribution in [0.3, 0.4) is 0 Å². The Labute approximate surface area is 127 Å². The van der Waals surface area contributed by atoms with Crippen LogP contribution >= 0.6 is 15.9 Å². The van der Waals surface area contributed by atoms with Gasteiger partial charge in [0.25, 0.3) is 0 Å². The molecule has 0 N–H and O–H groups in total. The van der Waals surface area contributed by atoms with Gasteiger partial charge in [0, 0.05) is 12.0 Å². The fourth-order valence-corrected chi connectivity index (χ4v) is 2.62. The number of benzene rings is 2. The molecule has 0 fully saturated rings. The number of halogens is 1. The Balaban J connectivity index is 1.90. The molecule has 2 rings (SSSR count). The van der Waals surface area contributed by atoms with Gasteiger partial charge in [0.05, 0.1) is 11.6 Å². The second-order valence-corrected chi connectivity index (χ2v) is 5.47. The molecule has 0 saturated carbocycles. The Morgan fingerprint density at radius 3 is 2.55 bits per heavy atom. The van der Waals surface area contributed by atoms with Crippen molar-refractivity contribution in [2.75, 3.05) is 7.11 Å². The van der Waals surface area contributed by atoms with Crippen molar-refractivity contribution in [1.29, 1.82) is 0 Å². The lowest BCUT2D eigenvalue weighted by Gasteiger charge is -2.06. The van der Waals surface area contributed by atoms with Gasteiger partial charge in [-0.25, -0.2) is 0 Å². The van der Waals surface area contributed by atoms with E-state index < -0.39 is 0 Å². The summed E-state index contributed by atoms with van der Waals surface area (Å²) in [5.74, 6) is 0.912. The zero-order valence-electron chi connectivity index (χ0n) is 11.4. The van der Waals surface area contributed by atoms with Crippen LogP contribution in [0.2, 0.25) is 0 Å². The van der Waals surface area contributed by atoms with Crippen LogP contribution in [-0.4, -0.2) is 12.9 Å². The SMILES string of the molecule is COc1ccc(C(=O)CCCc2ccccc2)cc1Br. The minimum atomic E-state index is 0.171. The van der Waals surface area contributed by atoms with Gasteiger partial charge < -0.3 is 4.74 Å². The summed E-state index contributed by atoms with van der Waals surface area (Å²) in [5.41, 5.74) is 2.00. The molecule has 3 heteroatoms. The molecule has 2 aromatic carbocycles. The molecule has 2 aromatic rings. The third kappa shape index (κ3) is 3.94. The van der Waals surface area contributed by atoms with Gasteiger partial charge in [0.2, 0.25) is 0 Å². The van der Waals surface area contributed by atoms with Crippen LogP contribution in [-0.2, 0) is 6.42 Å². The van der Waals surface area contributed by atoms with Crippen molar-refractivity contribution < 1.29 is 9.53 Å². The summed E-state index contributed by atoms with van der Waals surface area (Å²) in [6, 6.07) is 15.7. The number of ether oxygens (including phenoxy) is 1. The molecule has 2 nitrogen and oxygen atoms in total. The first kappa shape index (κ1) is 14.8. The number of rotatable bonds is 6. The third-order valence-corrected chi connectivity index (χ3v) is 3.81. The Bertz CT molecular complexity index is 579. The molecule has 0 spiro atoms. The van der Waals surface area contributed by atoms with Crippen molar-refractivity contribution in [2.45, 2.75) is 19.3 Å². The summed E-state index contributed by atoms with van der Waals surface area (Å²) >= 11 is 3.40. The molecule has 104 valence electrons. The molecule has 0 unspecified atom stereocenters. The molecule has 0 aromatic heterocycles. The predicted molar refractivity (Wildman–Crippen MR) is 84.4 cm³/mol. The van der Waals surface area contributed by atoms with Gasteiger partial charge in [0.1, 0.15) is 5.75 Å². The van der Waals surface area contributed by atoms with Crippen LogP contribution in [0.1, 0.15) is 28.8 Å². The number of carbonyl (C=O) groups is 1. The van der Waals surface area contributed by atoms with E-state index in [0.717, 1.165) is 28.6 Å². The first-order valence-corrected chi connectivity index (χ1v) is 7.40. The number of aryl methyl sites for hydroxylation is 1. The van der Waals surface area contributed by atoms with Crippen LogP contribution in [0, 0.1) is 0 Å². The van der Waals surface area contributed by atoms with Gasteiger partial charge in [-0.2, -0.15) is 0 Å². The fourth-order valence-electron chi connectivity index (χ4n) is 2.08. The van der Waals surface area contributed by atoms with Crippen LogP contribution in [0.25, 0.3) is 0 Å². The second-order valence-electron chi connectivity index (χ2n) is 4.61. The fraction of sp³-hybridized carbons (Fsp3) is 0.235. The van der Waals surface area contributed by atoms with Crippen molar-refractivity contribution in [2.24, 2.45) is 0 Å². The number of carbonyl (C=O) groups excluding carboxylic acids is 1. The van der Waals surface area contributed by atoms with Gasteiger partial charge in [-0.3, -0.25) is 4.79 Å². The first-order valence-electron chi connectivity index (χ1n) is 6.61. The topological polar surface area (TPSA) is 26.3 Å². The smallest absolute Gasteiger partial charge is 0.162 e. The predicted octanol–water partition coefficient (Wildman–Crippen LogP) is 4.66. The van der Waals surface area contributed by atoms with Gasteiger partial charge in [0.15, 0.2) is 5.78 Å². The monoisotopic (exact) mass is 332 g/mol. The van der Waals surface area contributed by atoms with Gasteiger partial charge >= 0.3 is 0 Å². The molecule has 0 radical (unpaired) electrons. The second kappa shape index (κ2) is 7.25. The number of Topliss-reactive ketones (excluding diaryl/α,β-unsaturated/α-hetero) is 1. The quantitative estimate of drug-likeness (QED) is 0.719. The Hall–Kier alpha value is -1.61. The molecule has 0 amide bonds. The summed E-state index contributed by atoms with van der Waals surface area (Å²) < 4.78 is 5.97. The maximum Gasteiger partial charge on any atom is 0.162 e. The lowest BCUT2D eigenvalue weighted by Crippen LogP contribution is -2.00. The van der Waals surface area contributed by atoms with Crippen molar-refractivity contribution in [3.63, 3.8) is 0 Å². The normalized spacial score (nSPS) is 10.3. The van der Waals surface area contributed by atoms with Gasteiger partial charge in [-0.1, -0.05) is 30.3 Å². The van der Waals surface area contributed by atoms with Crippen molar-refractivity contribution in [3.05, 3.63) is 64.1 Å². The number of hydrogen-bond acceptors (Lipinski definition) is 2. The largest absolute Gasteiger partial charge is 0.496 e. The van der Waals surface area contributed by atoms with E-state index in [0.29, 0.717) is 6.42 Å². The molecule has 0 aliphatic rings. The third-order valence-electron chi connectivity index (χ3n) is 3.19. The van der Waals surface area contributed by atoms with Crippen LogP contribution in [0.5, 0.6) is 5.75 Å². The Morgan fingerprint density at radius 1 is 1.15 bits per heavy atom. The van der Waals surface area contributed by atoms with Gasteiger partial charge in [-0.05, 0) is 52.5 Å². The van der Waals surface area contributed by atoms with Crippen LogP contribution < -0.4 is 4.74 Å². The van der Waals surface area contributed by atoms with Crippen LogP contribution in [0.4, 0.5) is 0 Å². The van der Waals surface area contributed by atoms with E-state index in [1.807, 2.05) is 36.4 Å². The highest BCUT2D eigenvalue weighted by atomic mass is 79.9. The maximum atomic E-state index is 12.1. The minimum absolute atomic E-state index is 0.171. The van der Waals surface area contributed by atoms with E-state index in [-0.39, 0.29) is 5.78 Å². The lowest BCUT2D eigenvalue weighted by molar-refractivity contribution is 0.0980. The highest BCUT2D eigenvalue weighted by molar-refractivity contribution is 9.10. The molecule has 0 bridgehead atoms. The Morgan fingerprint density at radius 2 is 1.90 bits per heavy atom. The minimum Gasteiger partial charge on any atom is -0.496 e. The molecule has 0 saturated heterocycles. The average Bonchev–Trinajstić information content (AvgIpc) is 2.48. The Kier molecular flexibility index (Phi) is 5.36. The standard InChI is InChI=1S/C17H17BrO2/c1-20-17-11-10-14(12-15(17)18)16(19)9-5-8-13-6-3-2-4-7-13/h2-4,6-7,10-12H,5,8-9H2,1H3. The summed E-state index contributed by atoms with van der Waals surface area (Å²) in [5, 5.41) is 0. The molecule has 0 aliphatic carbocycles. The summed E-state index contributed by atoms with van der Waals surface area (Å²) in [4.78, 5) is 12.1. The van der Waals surface area contributed by atoms with Crippen molar-refractivity contribution >= 4 is 21.7 Å². The molecule has 0 atom stereocenters. The van der Waals surface area contributed by atoms with E-state index in [1.54, 1.807) is 7.11 Å². The van der Waals surface area contributed by atoms with E-state index in [2.05, 4.69) is 28.1 Å². The van der Waals surface area contributed by atoms with Crippen molar-refractivity contribution in [3.8, 4) is 5.75 Å². The molecule has 0 heterocycles. The first-order chi connectivity index (χ1) is 9.70.